The number of carbonyl (C=O) groups excluding carboxylic acids is 1. The number of hydrogen-bond donors (Lipinski definition) is 3. The Morgan fingerprint density at radius 1 is 1.39 bits per heavy atom. The molecule has 1 aliphatic heterocycles. The molecular weight excluding hydrogens is 246 g/mol. The largest absolute Gasteiger partial charge is 0.399 e. The van der Waals surface area contributed by atoms with Crippen LogP contribution in [0.15, 0.2) is 18.2 Å². The van der Waals surface area contributed by atoms with Gasteiger partial charge in [0.05, 0.1) is 5.56 Å². The molecule has 18 heavy (non-hydrogen) atoms. The first kappa shape index (κ1) is 13.1. The number of rotatable bonds is 4. The Bertz CT molecular complexity index is 430. The fourth-order valence-electron chi connectivity index (χ4n) is 2.12. The summed E-state index contributed by atoms with van der Waals surface area (Å²) in [7, 11) is 0. The highest BCUT2D eigenvalue weighted by atomic mass is 32.2. The van der Waals surface area contributed by atoms with Gasteiger partial charge in [-0.25, -0.2) is 0 Å². The topological polar surface area (TPSA) is 81.1 Å². The molecule has 0 bridgehead atoms. The average molecular weight is 265 g/mol. The van der Waals surface area contributed by atoms with E-state index in [9.17, 15) is 4.79 Å². The standard InChI is InChI=1S/C13H19N3OS/c14-10-1-2-12(11(7-10)13(15)17)16-8-9-3-5-18-6-4-9/h1-2,7,9,16H,3-6,8,14H2,(H2,15,17). The van der Waals surface area contributed by atoms with Crippen molar-refractivity contribution in [3.05, 3.63) is 23.8 Å². The maximum Gasteiger partial charge on any atom is 0.250 e. The van der Waals surface area contributed by atoms with E-state index in [0.29, 0.717) is 17.2 Å². The van der Waals surface area contributed by atoms with Crippen molar-refractivity contribution in [1.29, 1.82) is 0 Å². The van der Waals surface area contributed by atoms with E-state index in [1.165, 1.54) is 24.3 Å². The summed E-state index contributed by atoms with van der Waals surface area (Å²) in [6, 6.07) is 5.24. The Balaban J connectivity index is 2.01. The average Bonchev–Trinajstić information content (AvgIpc) is 2.38. The first-order chi connectivity index (χ1) is 8.66. The van der Waals surface area contributed by atoms with Crippen LogP contribution in [0.25, 0.3) is 0 Å². The van der Waals surface area contributed by atoms with Gasteiger partial charge in [0.25, 0.3) is 5.91 Å². The van der Waals surface area contributed by atoms with Gasteiger partial charge in [0, 0.05) is 17.9 Å². The number of nitrogens with one attached hydrogen (secondary N) is 1. The highest BCUT2D eigenvalue weighted by Gasteiger charge is 2.15. The fraction of sp³-hybridized carbons (Fsp3) is 0.462. The Labute approximate surface area is 111 Å². The molecule has 1 fully saturated rings. The maximum absolute atomic E-state index is 11.3. The molecule has 0 spiro atoms. The van der Waals surface area contributed by atoms with Gasteiger partial charge in [0.2, 0.25) is 0 Å². The Kier molecular flexibility index (Phi) is 4.36. The van der Waals surface area contributed by atoms with Gasteiger partial charge in [-0.3, -0.25) is 4.79 Å². The lowest BCUT2D eigenvalue weighted by Gasteiger charge is -2.22. The third-order valence-electron chi connectivity index (χ3n) is 3.23. The van der Waals surface area contributed by atoms with Crippen molar-refractivity contribution in [2.75, 3.05) is 29.1 Å². The first-order valence-corrected chi connectivity index (χ1v) is 7.33. The van der Waals surface area contributed by atoms with E-state index in [-0.39, 0.29) is 0 Å². The number of primary amides is 1. The van der Waals surface area contributed by atoms with Crippen molar-refractivity contribution >= 4 is 29.0 Å². The molecule has 1 saturated heterocycles. The van der Waals surface area contributed by atoms with E-state index >= 15 is 0 Å². The van der Waals surface area contributed by atoms with Crippen LogP contribution >= 0.6 is 11.8 Å². The number of carbonyl (C=O) groups is 1. The van der Waals surface area contributed by atoms with Crippen molar-refractivity contribution in [3.8, 4) is 0 Å². The van der Waals surface area contributed by atoms with E-state index in [1.807, 2.05) is 17.8 Å². The summed E-state index contributed by atoms with van der Waals surface area (Å²) in [5, 5.41) is 3.33. The third kappa shape index (κ3) is 3.32. The van der Waals surface area contributed by atoms with Crippen LogP contribution in [0.5, 0.6) is 0 Å². The molecule has 2 rings (SSSR count). The molecule has 0 aliphatic carbocycles. The molecule has 1 heterocycles. The number of anilines is 2. The van der Waals surface area contributed by atoms with Crippen LogP contribution in [0.4, 0.5) is 11.4 Å². The number of thioether (sulfide) groups is 1. The van der Waals surface area contributed by atoms with E-state index in [2.05, 4.69) is 5.32 Å². The molecular formula is C13H19N3OS. The summed E-state index contributed by atoms with van der Waals surface area (Å²) in [6.07, 6.45) is 2.47. The van der Waals surface area contributed by atoms with Crippen molar-refractivity contribution in [1.82, 2.24) is 0 Å². The van der Waals surface area contributed by atoms with Crippen molar-refractivity contribution in [2.24, 2.45) is 11.7 Å². The SMILES string of the molecule is NC(=O)c1cc(N)ccc1NCC1CCSCC1. The summed E-state index contributed by atoms with van der Waals surface area (Å²) >= 11 is 2.01. The summed E-state index contributed by atoms with van der Waals surface area (Å²) < 4.78 is 0. The van der Waals surface area contributed by atoms with Crippen LogP contribution in [0.3, 0.4) is 0 Å². The first-order valence-electron chi connectivity index (χ1n) is 6.18. The Morgan fingerprint density at radius 3 is 2.78 bits per heavy atom. The number of amides is 1. The molecule has 1 aromatic rings. The smallest absolute Gasteiger partial charge is 0.250 e. The summed E-state index contributed by atoms with van der Waals surface area (Å²) in [4.78, 5) is 11.3. The molecule has 0 unspecified atom stereocenters. The van der Waals surface area contributed by atoms with Crippen LogP contribution in [0, 0.1) is 5.92 Å². The maximum atomic E-state index is 11.3. The van der Waals surface area contributed by atoms with Gasteiger partial charge in [-0.05, 0) is 48.5 Å². The number of hydrogen-bond acceptors (Lipinski definition) is 4. The van der Waals surface area contributed by atoms with Gasteiger partial charge in [-0.15, -0.1) is 0 Å². The van der Waals surface area contributed by atoms with Crippen LogP contribution in [0.2, 0.25) is 0 Å². The van der Waals surface area contributed by atoms with Crippen LogP contribution in [0.1, 0.15) is 23.2 Å². The molecule has 0 atom stereocenters. The van der Waals surface area contributed by atoms with Gasteiger partial charge in [-0.2, -0.15) is 11.8 Å². The lowest BCUT2D eigenvalue weighted by Crippen LogP contribution is -2.21. The molecule has 0 saturated carbocycles. The second-order valence-corrected chi connectivity index (χ2v) is 5.83. The van der Waals surface area contributed by atoms with Gasteiger partial charge >= 0.3 is 0 Å². The molecule has 0 aromatic heterocycles. The van der Waals surface area contributed by atoms with Crippen LogP contribution in [-0.4, -0.2) is 24.0 Å². The zero-order chi connectivity index (χ0) is 13.0. The van der Waals surface area contributed by atoms with Crippen molar-refractivity contribution < 1.29 is 4.79 Å². The predicted molar refractivity (Wildman–Crippen MR) is 77.9 cm³/mol. The summed E-state index contributed by atoms with van der Waals surface area (Å²) in [6.45, 7) is 0.894. The van der Waals surface area contributed by atoms with E-state index < -0.39 is 5.91 Å². The zero-order valence-electron chi connectivity index (χ0n) is 10.3. The molecule has 1 aromatic carbocycles. The van der Waals surface area contributed by atoms with Crippen LogP contribution in [-0.2, 0) is 0 Å². The second kappa shape index (κ2) is 6.00. The van der Waals surface area contributed by atoms with E-state index in [0.717, 1.165) is 12.2 Å². The molecule has 4 nitrogen and oxygen atoms in total. The van der Waals surface area contributed by atoms with E-state index in [1.54, 1.807) is 12.1 Å². The monoisotopic (exact) mass is 265 g/mol. The Hall–Kier alpha value is -1.36. The molecule has 5 heteroatoms. The van der Waals surface area contributed by atoms with Crippen molar-refractivity contribution in [3.63, 3.8) is 0 Å². The van der Waals surface area contributed by atoms with E-state index in [4.69, 9.17) is 11.5 Å². The fourth-order valence-corrected chi connectivity index (χ4v) is 3.33. The minimum absolute atomic E-state index is 0.441. The molecule has 1 aliphatic rings. The normalized spacial score (nSPS) is 16.4. The molecule has 1 amide bonds. The number of benzene rings is 1. The minimum atomic E-state index is -0.441. The lowest BCUT2D eigenvalue weighted by molar-refractivity contribution is 0.100. The molecule has 5 N–H and O–H groups in total. The summed E-state index contributed by atoms with van der Waals surface area (Å²) in [5.41, 5.74) is 12.8. The van der Waals surface area contributed by atoms with Gasteiger partial charge in [0.1, 0.15) is 0 Å². The van der Waals surface area contributed by atoms with Gasteiger partial charge < -0.3 is 16.8 Å². The van der Waals surface area contributed by atoms with Gasteiger partial charge in [0.15, 0.2) is 0 Å². The third-order valence-corrected chi connectivity index (χ3v) is 4.28. The lowest BCUT2D eigenvalue weighted by atomic mass is 10.0. The predicted octanol–water partition coefficient (Wildman–Crippen LogP) is 1.92. The van der Waals surface area contributed by atoms with Crippen LogP contribution < -0.4 is 16.8 Å². The molecule has 98 valence electrons. The summed E-state index contributed by atoms with van der Waals surface area (Å²) in [5.74, 6) is 2.71. The highest BCUT2D eigenvalue weighted by Crippen LogP contribution is 2.24. The number of nitrogens with two attached hydrogens (primary N) is 2. The zero-order valence-corrected chi connectivity index (χ0v) is 11.1. The van der Waals surface area contributed by atoms with Crippen molar-refractivity contribution in [2.45, 2.75) is 12.8 Å². The minimum Gasteiger partial charge on any atom is -0.399 e. The Morgan fingerprint density at radius 2 is 2.11 bits per heavy atom. The number of nitrogen functional groups attached to an aromatic ring is 1. The van der Waals surface area contributed by atoms with Gasteiger partial charge in [-0.1, -0.05) is 0 Å². The quantitative estimate of drug-likeness (QED) is 0.727. The highest BCUT2D eigenvalue weighted by molar-refractivity contribution is 7.99. The second-order valence-electron chi connectivity index (χ2n) is 4.61. The molecule has 0 radical (unpaired) electrons.